The van der Waals surface area contributed by atoms with Crippen molar-refractivity contribution in [2.45, 2.75) is 43.4 Å². The van der Waals surface area contributed by atoms with Gasteiger partial charge in [0.15, 0.2) is 0 Å². The Morgan fingerprint density at radius 3 is 3.06 bits per heavy atom. The number of nitrogens with one attached hydrogen (secondary N) is 1. The van der Waals surface area contributed by atoms with Crippen molar-refractivity contribution in [1.29, 1.82) is 0 Å². The molecule has 0 spiro atoms. The van der Waals surface area contributed by atoms with Crippen LogP contribution in [0.5, 0.6) is 0 Å². The SMILES string of the molecule is O=C(CCCc1cccs1)NCC1CCCC1Br. The molecule has 100 valence electrons. The van der Waals surface area contributed by atoms with Gasteiger partial charge in [0, 0.05) is 22.7 Å². The first-order valence-corrected chi connectivity index (χ1v) is 8.48. The number of carbonyl (C=O) groups is 1. The van der Waals surface area contributed by atoms with Crippen LogP contribution in [0.3, 0.4) is 0 Å². The molecule has 0 aliphatic heterocycles. The number of thiophene rings is 1. The summed E-state index contributed by atoms with van der Waals surface area (Å²) in [7, 11) is 0. The number of aryl methyl sites for hydroxylation is 1. The van der Waals surface area contributed by atoms with Gasteiger partial charge in [0.05, 0.1) is 0 Å². The molecule has 1 aliphatic rings. The average Bonchev–Trinajstić information content (AvgIpc) is 2.98. The fourth-order valence-corrected chi connectivity index (χ4v) is 3.96. The molecular formula is C14H20BrNOS. The van der Waals surface area contributed by atoms with Gasteiger partial charge in [-0.2, -0.15) is 0 Å². The van der Waals surface area contributed by atoms with Crippen LogP contribution >= 0.6 is 27.3 Å². The molecular weight excluding hydrogens is 310 g/mol. The van der Waals surface area contributed by atoms with Crippen molar-refractivity contribution in [3.63, 3.8) is 0 Å². The highest BCUT2D eigenvalue weighted by Gasteiger charge is 2.24. The summed E-state index contributed by atoms with van der Waals surface area (Å²) < 4.78 is 0. The van der Waals surface area contributed by atoms with Crippen LogP contribution in [0.15, 0.2) is 17.5 Å². The highest BCUT2D eigenvalue weighted by molar-refractivity contribution is 9.09. The summed E-state index contributed by atoms with van der Waals surface area (Å²) >= 11 is 5.45. The minimum Gasteiger partial charge on any atom is -0.356 e. The molecule has 0 saturated heterocycles. The Labute approximate surface area is 121 Å². The smallest absolute Gasteiger partial charge is 0.220 e. The Morgan fingerprint density at radius 2 is 2.39 bits per heavy atom. The molecule has 2 nitrogen and oxygen atoms in total. The first-order chi connectivity index (χ1) is 8.75. The normalized spacial score (nSPS) is 23.2. The van der Waals surface area contributed by atoms with Crippen molar-refractivity contribution in [2.75, 3.05) is 6.54 Å². The molecule has 1 heterocycles. The zero-order chi connectivity index (χ0) is 12.8. The van der Waals surface area contributed by atoms with E-state index in [4.69, 9.17) is 0 Å². The maximum atomic E-state index is 11.7. The Balaban J connectivity index is 1.57. The lowest BCUT2D eigenvalue weighted by Crippen LogP contribution is -2.30. The third-order valence-electron chi connectivity index (χ3n) is 3.53. The molecule has 18 heavy (non-hydrogen) atoms. The van der Waals surface area contributed by atoms with Crippen molar-refractivity contribution < 1.29 is 4.79 Å². The Bertz CT molecular complexity index is 366. The van der Waals surface area contributed by atoms with Gasteiger partial charge in [0.2, 0.25) is 5.91 Å². The minimum absolute atomic E-state index is 0.207. The van der Waals surface area contributed by atoms with E-state index < -0.39 is 0 Å². The highest BCUT2D eigenvalue weighted by Crippen LogP contribution is 2.30. The van der Waals surface area contributed by atoms with E-state index in [-0.39, 0.29) is 5.91 Å². The Morgan fingerprint density at radius 1 is 1.50 bits per heavy atom. The molecule has 0 bridgehead atoms. The van der Waals surface area contributed by atoms with Crippen LogP contribution in [0.2, 0.25) is 0 Å². The van der Waals surface area contributed by atoms with Gasteiger partial charge in [-0.05, 0) is 43.0 Å². The van der Waals surface area contributed by atoms with Crippen molar-refractivity contribution in [3.05, 3.63) is 22.4 Å². The number of alkyl halides is 1. The molecule has 1 amide bonds. The van der Waals surface area contributed by atoms with Gasteiger partial charge in [0.25, 0.3) is 0 Å². The topological polar surface area (TPSA) is 29.1 Å². The monoisotopic (exact) mass is 329 g/mol. The summed E-state index contributed by atoms with van der Waals surface area (Å²) in [6.45, 7) is 0.841. The number of hydrogen-bond donors (Lipinski definition) is 1. The van der Waals surface area contributed by atoms with Gasteiger partial charge in [-0.3, -0.25) is 4.79 Å². The summed E-state index contributed by atoms with van der Waals surface area (Å²) in [4.78, 5) is 13.7. The number of hydrogen-bond acceptors (Lipinski definition) is 2. The van der Waals surface area contributed by atoms with E-state index in [0.717, 1.165) is 19.4 Å². The number of rotatable bonds is 6. The van der Waals surface area contributed by atoms with E-state index in [0.29, 0.717) is 17.2 Å². The maximum absolute atomic E-state index is 11.7. The third-order valence-corrected chi connectivity index (χ3v) is 5.68. The number of amides is 1. The molecule has 1 aromatic heterocycles. The zero-order valence-corrected chi connectivity index (χ0v) is 12.9. The summed E-state index contributed by atoms with van der Waals surface area (Å²) in [5.74, 6) is 0.837. The van der Waals surface area contributed by atoms with Crippen molar-refractivity contribution >= 4 is 33.2 Å². The van der Waals surface area contributed by atoms with E-state index in [2.05, 4.69) is 38.8 Å². The second kappa shape index (κ2) is 7.29. The fraction of sp³-hybridized carbons (Fsp3) is 0.643. The largest absolute Gasteiger partial charge is 0.356 e. The first-order valence-electron chi connectivity index (χ1n) is 6.69. The van der Waals surface area contributed by atoms with Gasteiger partial charge < -0.3 is 5.32 Å². The molecule has 1 aliphatic carbocycles. The predicted molar refractivity (Wildman–Crippen MR) is 80.3 cm³/mol. The number of halogens is 1. The molecule has 1 N–H and O–H groups in total. The van der Waals surface area contributed by atoms with Gasteiger partial charge in [0.1, 0.15) is 0 Å². The van der Waals surface area contributed by atoms with Gasteiger partial charge >= 0.3 is 0 Å². The molecule has 2 unspecified atom stereocenters. The highest BCUT2D eigenvalue weighted by atomic mass is 79.9. The third kappa shape index (κ3) is 4.39. The predicted octanol–water partition coefficient (Wildman–Crippen LogP) is 3.75. The van der Waals surface area contributed by atoms with E-state index in [1.165, 1.54) is 24.1 Å². The van der Waals surface area contributed by atoms with Crippen LogP contribution in [0, 0.1) is 5.92 Å². The van der Waals surface area contributed by atoms with Crippen LogP contribution in [-0.4, -0.2) is 17.3 Å². The van der Waals surface area contributed by atoms with Crippen LogP contribution in [0.4, 0.5) is 0 Å². The summed E-state index contributed by atoms with van der Waals surface area (Å²) in [6, 6.07) is 4.20. The van der Waals surface area contributed by atoms with E-state index >= 15 is 0 Å². The van der Waals surface area contributed by atoms with Crippen LogP contribution in [-0.2, 0) is 11.2 Å². The fourth-order valence-electron chi connectivity index (χ4n) is 2.43. The van der Waals surface area contributed by atoms with Crippen LogP contribution < -0.4 is 5.32 Å². The molecule has 4 heteroatoms. The first kappa shape index (κ1) is 14.1. The van der Waals surface area contributed by atoms with Crippen molar-refractivity contribution in [1.82, 2.24) is 5.32 Å². The molecule has 0 radical (unpaired) electrons. The summed E-state index contributed by atoms with van der Waals surface area (Å²) in [5.41, 5.74) is 0. The lowest BCUT2D eigenvalue weighted by Gasteiger charge is -2.14. The van der Waals surface area contributed by atoms with Crippen LogP contribution in [0.1, 0.15) is 37.0 Å². The lowest BCUT2D eigenvalue weighted by atomic mass is 10.1. The quantitative estimate of drug-likeness (QED) is 0.791. The lowest BCUT2D eigenvalue weighted by molar-refractivity contribution is -0.121. The van der Waals surface area contributed by atoms with Crippen molar-refractivity contribution in [2.24, 2.45) is 5.92 Å². The number of carbonyl (C=O) groups excluding carboxylic acids is 1. The van der Waals surface area contributed by atoms with Gasteiger partial charge in [-0.1, -0.05) is 28.4 Å². The Kier molecular flexibility index (Phi) is 5.70. The maximum Gasteiger partial charge on any atom is 0.220 e. The van der Waals surface area contributed by atoms with Gasteiger partial charge in [-0.15, -0.1) is 11.3 Å². The molecule has 2 rings (SSSR count). The van der Waals surface area contributed by atoms with Crippen molar-refractivity contribution in [3.8, 4) is 0 Å². The second-order valence-corrected chi connectivity index (χ2v) is 7.15. The zero-order valence-electron chi connectivity index (χ0n) is 10.5. The molecule has 1 fully saturated rings. The standard InChI is InChI=1S/C14H20BrNOS/c15-13-7-1-4-11(13)10-16-14(17)8-2-5-12-6-3-9-18-12/h3,6,9,11,13H,1-2,4-5,7-8,10H2,(H,16,17). The van der Waals surface area contributed by atoms with E-state index in [1.54, 1.807) is 11.3 Å². The molecule has 0 aromatic carbocycles. The van der Waals surface area contributed by atoms with Crippen LogP contribution in [0.25, 0.3) is 0 Å². The van der Waals surface area contributed by atoms with Gasteiger partial charge in [-0.25, -0.2) is 0 Å². The van der Waals surface area contributed by atoms with E-state index in [9.17, 15) is 4.79 Å². The summed E-state index contributed by atoms with van der Waals surface area (Å²) in [6.07, 6.45) is 6.40. The minimum atomic E-state index is 0.207. The molecule has 1 aromatic rings. The molecule has 1 saturated carbocycles. The second-order valence-electron chi connectivity index (χ2n) is 4.94. The average molecular weight is 330 g/mol. The molecule has 2 atom stereocenters. The Hall–Kier alpha value is -0.350. The van der Waals surface area contributed by atoms with E-state index in [1.807, 2.05) is 0 Å². The summed E-state index contributed by atoms with van der Waals surface area (Å²) in [5, 5.41) is 5.16.